The minimum atomic E-state index is -0.772. The lowest BCUT2D eigenvalue weighted by atomic mass is 10.1. The summed E-state index contributed by atoms with van der Waals surface area (Å²) in [5.41, 5.74) is 2.49. The molecule has 0 spiro atoms. The molecule has 0 aliphatic rings. The van der Waals surface area contributed by atoms with Crippen molar-refractivity contribution in [2.45, 2.75) is 32.7 Å². The van der Waals surface area contributed by atoms with Gasteiger partial charge in [0.25, 0.3) is 0 Å². The van der Waals surface area contributed by atoms with E-state index in [9.17, 15) is 4.79 Å². The minimum Gasteiger partial charge on any atom is -0.481 e. The van der Waals surface area contributed by atoms with Crippen LogP contribution in [0.25, 0.3) is 11.1 Å². The van der Waals surface area contributed by atoms with Gasteiger partial charge < -0.3 is 14.8 Å². The van der Waals surface area contributed by atoms with Gasteiger partial charge in [-0.15, -0.1) is 0 Å². The Kier molecular flexibility index (Phi) is 3.50. The van der Waals surface area contributed by atoms with Gasteiger partial charge in [0.1, 0.15) is 5.52 Å². The quantitative estimate of drug-likeness (QED) is 0.851. The molecule has 0 aliphatic carbocycles. The van der Waals surface area contributed by atoms with E-state index in [1.165, 1.54) is 0 Å². The number of oxazole rings is 1. The zero-order valence-electron chi connectivity index (χ0n) is 10.4. The summed E-state index contributed by atoms with van der Waals surface area (Å²) in [6.07, 6.45) is 0.755. The van der Waals surface area contributed by atoms with E-state index in [1.54, 1.807) is 0 Å². The third-order valence-corrected chi connectivity index (χ3v) is 2.70. The Balaban J connectivity index is 2.04. The first-order valence-electron chi connectivity index (χ1n) is 5.90. The highest BCUT2D eigenvalue weighted by molar-refractivity contribution is 5.77. The number of aryl methyl sites for hydroxylation is 1. The number of fused-ring (bicyclic) bond motifs is 1. The third-order valence-electron chi connectivity index (χ3n) is 2.70. The van der Waals surface area contributed by atoms with Gasteiger partial charge in [-0.25, -0.2) is 4.98 Å². The van der Waals surface area contributed by atoms with Crippen molar-refractivity contribution in [2.24, 2.45) is 0 Å². The average molecular weight is 248 g/mol. The molecule has 2 N–H and O–H groups in total. The summed E-state index contributed by atoms with van der Waals surface area (Å²) in [6.45, 7) is 3.77. The molecule has 0 radical (unpaired) electrons. The molecule has 2 aromatic rings. The van der Waals surface area contributed by atoms with E-state index in [1.807, 2.05) is 32.0 Å². The maximum Gasteiger partial charge on any atom is 0.303 e. The summed E-state index contributed by atoms with van der Waals surface area (Å²) < 4.78 is 5.39. The van der Waals surface area contributed by atoms with Crippen molar-refractivity contribution >= 4 is 22.8 Å². The van der Waals surface area contributed by atoms with Crippen molar-refractivity contribution in [3.63, 3.8) is 0 Å². The van der Waals surface area contributed by atoms with E-state index in [4.69, 9.17) is 9.52 Å². The highest BCUT2D eigenvalue weighted by atomic mass is 16.4. The Bertz CT molecular complexity index is 562. The van der Waals surface area contributed by atoms with E-state index in [0.717, 1.165) is 16.8 Å². The van der Waals surface area contributed by atoms with Crippen molar-refractivity contribution in [1.29, 1.82) is 0 Å². The topological polar surface area (TPSA) is 75.4 Å². The van der Waals surface area contributed by atoms with Gasteiger partial charge in [0.05, 0.1) is 0 Å². The zero-order valence-corrected chi connectivity index (χ0v) is 10.4. The highest BCUT2D eigenvalue weighted by Gasteiger charge is 2.07. The third kappa shape index (κ3) is 3.00. The average Bonchev–Trinajstić information content (AvgIpc) is 2.66. The van der Waals surface area contributed by atoms with Gasteiger partial charge in [0, 0.05) is 25.1 Å². The molecule has 5 nitrogen and oxygen atoms in total. The lowest BCUT2D eigenvalue weighted by Gasteiger charge is -2.13. The van der Waals surface area contributed by atoms with Crippen LogP contribution in [0.3, 0.4) is 0 Å². The molecular weight excluding hydrogens is 232 g/mol. The molecule has 1 unspecified atom stereocenters. The number of aliphatic carboxylic acids is 1. The molecule has 96 valence electrons. The van der Waals surface area contributed by atoms with Crippen LogP contribution >= 0.6 is 0 Å². The van der Waals surface area contributed by atoms with Gasteiger partial charge in [-0.05, 0) is 31.5 Å². The van der Waals surface area contributed by atoms with E-state index < -0.39 is 5.97 Å². The molecule has 1 heterocycles. The Morgan fingerprint density at radius 2 is 2.33 bits per heavy atom. The molecule has 0 aliphatic heterocycles. The number of carboxylic acid groups (broad SMARTS) is 1. The zero-order chi connectivity index (χ0) is 13.1. The summed E-state index contributed by atoms with van der Waals surface area (Å²) in [5.74, 6) is -0.132. The molecule has 1 atom stereocenters. The van der Waals surface area contributed by atoms with Crippen LogP contribution in [-0.2, 0) is 4.79 Å². The predicted molar refractivity (Wildman–Crippen MR) is 68.7 cm³/mol. The fourth-order valence-corrected chi connectivity index (χ4v) is 1.83. The number of hydrogen-bond donors (Lipinski definition) is 2. The number of hydrogen-bond acceptors (Lipinski definition) is 4. The van der Waals surface area contributed by atoms with Crippen molar-refractivity contribution in [3.05, 3.63) is 24.1 Å². The Morgan fingerprint density at radius 1 is 1.56 bits per heavy atom. The Morgan fingerprint density at radius 3 is 3.06 bits per heavy atom. The highest BCUT2D eigenvalue weighted by Crippen LogP contribution is 2.20. The second kappa shape index (κ2) is 5.08. The first-order chi connectivity index (χ1) is 8.54. The van der Waals surface area contributed by atoms with Gasteiger partial charge in [-0.2, -0.15) is 0 Å². The Labute approximate surface area is 105 Å². The minimum absolute atomic E-state index is 0.103. The maximum atomic E-state index is 10.5. The van der Waals surface area contributed by atoms with Gasteiger partial charge in [0.15, 0.2) is 11.5 Å². The first kappa shape index (κ1) is 12.4. The fraction of sp³-hybridized carbons (Fsp3) is 0.385. The molecule has 1 aromatic carbocycles. The van der Waals surface area contributed by atoms with Gasteiger partial charge in [-0.3, -0.25) is 4.79 Å². The molecular formula is C13H16N2O3. The van der Waals surface area contributed by atoms with Crippen LogP contribution in [0.5, 0.6) is 0 Å². The number of carboxylic acids is 1. The van der Waals surface area contributed by atoms with Gasteiger partial charge in [-0.1, -0.05) is 0 Å². The SMILES string of the molecule is Cc1nc2cc(NC(C)CCC(=O)O)ccc2o1. The smallest absolute Gasteiger partial charge is 0.303 e. The van der Waals surface area contributed by atoms with E-state index in [0.29, 0.717) is 12.3 Å². The van der Waals surface area contributed by atoms with Crippen LogP contribution in [0, 0.1) is 6.92 Å². The van der Waals surface area contributed by atoms with E-state index >= 15 is 0 Å². The lowest BCUT2D eigenvalue weighted by molar-refractivity contribution is -0.137. The standard InChI is InChI=1S/C13H16N2O3/c1-8(3-6-13(16)17)14-10-4-5-12-11(7-10)15-9(2)18-12/h4-5,7-8,14H,3,6H2,1-2H3,(H,16,17). The number of rotatable bonds is 5. The van der Waals surface area contributed by atoms with Crippen LogP contribution in [0.15, 0.2) is 22.6 Å². The van der Waals surface area contributed by atoms with Crippen molar-refractivity contribution in [2.75, 3.05) is 5.32 Å². The Hall–Kier alpha value is -2.04. The molecule has 5 heteroatoms. The molecule has 0 amide bonds. The number of nitrogens with one attached hydrogen (secondary N) is 1. The second-order valence-electron chi connectivity index (χ2n) is 4.39. The molecule has 0 bridgehead atoms. The summed E-state index contributed by atoms with van der Waals surface area (Å²) in [7, 11) is 0. The predicted octanol–water partition coefficient (Wildman–Crippen LogP) is 2.80. The van der Waals surface area contributed by atoms with Crippen molar-refractivity contribution in [3.8, 4) is 0 Å². The van der Waals surface area contributed by atoms with Gasteiger partial charge >= 0.3 is 5.97 Å². The van der Waals surface area contributed by atoms with Crippen LogP contribution < -0.4 is 5.32 Å². The number of benzene rings is 1. The summed E-state index contributed by atoms with van der Waals surface area (Å²) in [5, 5.41) is 11.9. The number of carbonyl (C=O) groups is 1. The normalized spacial score (nSPS) is 12.6. The van der Waals surface area contributed by atoms with Crippen LogP contribution in [0.1, 0.15) is 25.7 Å². The van der Waals surface area contributed by atoms with E-state index in [2.05, 4.69) is 10.3 Å². The molecule has 0 saturated heterocycles. The molecule has 18 heavy (non-hydrogen) atoms. The molecule has 0 fully saturated rings. The summed E-state index contributed by atoms with van der Waals surface area (Å²) in [6, 6.07) is 5.78. The summed E-state index contributed by atoms with van der Waals surface area (Å²) in [4.78, 5) is 14.7. The molecule has 1 aromatic heterocycles. The maximum absolute atomic E-state index is 10.5. The molecule has 2 rings (SSSR count). The first-order valence-corrected chi connectivity index (χ1v) is 5.90. The fourth-order valence-electron chi connectivity index (χ4n) is 1.83. The van der Waals surface area contributed by atoms with Crippen LogP contribution in [0.2, 0.25) is 0 Å². The number of nitrogens with zero attached hydrogens (tertiary/aromatic N) is 1. The number of anilines is 1. The van der Waals surface area contributed by atoms with Crippen molar-refractivity contribution in [1.82, 2.24) is 4.98 Å². The van der Waals surface area contributed by atoms with E-state index in [-0.39, 0.29) is 12.5 Å². The lowest BCUT2D eigenvalue weighted by Crippen LogP contribution is -2.16. The monoisotopic (exact) mass is 248 g/mol. The largest absolute Gasteiger partial charge is 0.481 e. The summed E-state index contributed by atoms with van der Waals surface area (Å²) >= 11 is 0. The van der Waals surface area contributed by atoms with Crippen LogP contribution in [-0.4, -0.2) is 22.1 Å². The molecule has 0 saturated carbocycles. The van der Waals surface area contributed by atoms with Crippen LogP contribution in [0.4, 0.5) is 5.69 Å². The van der Waals surface area contributed by atoms with Crippen molar-refractivity contribution < 1.29 is 14.3 Å². The second-order valence-corrected chi connectivity index (χ2v) is 4.39. The van der Waals surface area contributed by atoms with Gasteiger partial charge in [0.2, 0.25) is 0 Å². The number of aromatic nitrogens is 1.